The Hall–Kier alpha value is -4.46. The zero-order valence-corrected chi connectivity index (χ0v) is 22.4. The number of aliphatic carboxylic acids is 1. The fraction of sp³-hybridized carbons (Fsp3) is 0.148. The van der Waals surface area contributed by atoms with Gasteiger partial charge in [-0.3, -0.25) is 24.1 Å². The number of carboxylic acid groups (broad SMARTS) is 1. The highest BCUT2D eigenvalue weighted by molar-refractivity contribution is 14.1. The summed E-state index contributed by atoms with van der Waals surface area (Å²) in [5.74, 6) is -1.18. The molecule has 198 valence electrons. The van der Waals surface area contributed by atoms with Gasteiger partial charge in [0.15, 0.2) is 17.2 Å². The number of halogens is 1. The molecule has 0 aliphatic carbocycles. The van der Waals surface area contributed by atoms with Crippen LogP contribution in [0.2, 0.25) is 0 Å². The maximum atomic E-state index is 12.8. The van der Waals surface area contributed by atoms with Gasteiger partial charge < -0.3 is 19.9 Å². The highest BCUT2D eigenvalue weighted by Crippen LogP contribution is 2.33. The van der Waals surface area contributed by atoms with E-state index in [2.05, 4.69) is 38.4 Å². The SMILES string of the molecule is O=C(O)CN1C(=O)/C(=N\NC(=O)c2ccc(NC(=O)CCc3ccc4c(c3)OCO4)cc2)c2cc(I)ccc21. The number of nitrogens with one attached hydrogen (secondary N) is 2. The maximum absolute atomic E-state index is 12.8. The monoisotopic (exact) mass is 640 g/mol. The molecule has 2 aliphatic heterocycles. The van der Waals surface area contributed by atoms with Gasteiger partial charge in [-0.2, -0.15) is 5.10 Å². The molecule has 2 aliphatic rings. The van der Waals surface area contributed by atoms with E-state index in [4.69, 9.17) is 9.47 Å². The number of ether oxygens (including phenoxy) is 2. The minimum Gasteiger partial charge on any atom is -0.480 e. The van der Waals surface area contributed by atoms with Crippen LogP contribution in [0, 0.1) is 3.57 Å². The van der Waals surface area contributed by atoms with E-state index in [9.17, 15) is 24.3 Å². The van der Waals surface area contributed by atoms with Crippen molar-refractivity contribution in [3.05, 3.63) is 80.9 Å². The molecule has 0 atom stereocenters. The third-order valence-electron chi connectivity index (χ3n) is 6.02. The van der Waals surface area contributed by atoms with E-state index in [1.165, 1.54) is 12.1 Å². The summed E-state index contributed by atoms with van der Waals surface area (Å²) in [6, 6.07) is 16.9. The number of aryl methyl sites for hydroxylation is 1. The normalized spacial score (nSPS) is 14.3. The lowest BCUT2D eigenvalue weighted by Crippen LogP contribution is -2.35. The van der Waals surface area contributed by atoms with Crippen LogP contribution in [0.5, 0.6) is 11.5 Å². The molecule has 11 nitrogen and oxygen atoms in total. The van der Waals surface area contributed by atoms with Gasteiger partial charge in [0.05, 0.1) is 5.69 Å². The van der Waals surface area contributed by atoms with E-state index >= 15 is 0 Å². The number of rotatable bonds is 8. The zero-order valence-electron chi connectivity index (χ0n) is 20.3. The quantitative estimate of drug-likeness (QED) is 0.253. The van der Waals surface area contributed by atoms with Crippen LogP contribution in [0.4, 0.5) is 11.4 Å². The summed E-state index contributed by atoms with van der Waals surface area (Å²) in [6.07, 6.45) is 0.779. The number of fused-ring (bicyclic) bond motifs is 2. The summed E-state index contributed by atoms with van der Waals surface area (Å²) < 4.78 is 11.5. The van der Waals surface area contributed by atoms with Crippen molar-refractivity contribution in [3.63, 3.8) is 0 Å². The molecule has 39 heavy (non-hydrogen) atoms. The number of hydrogen-bond acceptors (Lipinski definition) is 7. The smallest absolute Gasteiger partial charge is 0.323 e. The molecule has 0 bridgehead atoms. The summed E-state index contributed by atoms with van der Waals surface area (Å²) in [7, 11) is 0. The predicted molar refractivity (Wildman–Crippen MR) is 149 cm³/mol. The van der Waals surface area contributed by atoms with Crippen LogP contribution < -0.4 is 25.1 Å². The Balaban J connectivity index is 1.19. The van der Waals surface area contributed by atoms with Crippen molar-refractivity contribution in [3.8, 4) is 11.5 Å². The number of amides is 3. The van der Waals surface area contributed by atoms with Crippen LogP contribution in [-0.4, -0.2) is 47.8 Å². The van der Waals surface area contributed by atoms with Gasteiger partial charge in [-0.05, 0) is 89.2 Å². The summed E-state index contributed by atoms with van der Waals surface area (Å²) in [6.45, 7) is -0.332. The van der Waals surface area contributed by atoms with Crippen molar-refractivity contribution >= 4 is 63.4 Å². The molecule has 3 N–H and O–H groups in total. The molecule has 12 heteroatoms. The minimum atomic E-state index is -1.17. The van der Waals surface area contributed by atoms with Crippen molar-refractivity contribution in [2.75, 3.05) is 23.6 Å². The van der Waals surface area contributed by atoms with Crippen molar-refractivity contribution in [2.45, 2.75) is 12.8 Å². The average molecular weight is 640 g/mol. The number of carbonyl (C=O) groups is 4. The van der Waals surface area contributed by atoms with Crippen molar-refractivity contribution in [1.29, 1.82) is 0 Å². The van der Waals surface area contributed by atoms with E-state index in [1.54, 1.807) is 30.3 Å². The highest BCUT2D eigenvalue weighted by Gasteiger charge is 2.35. The largest absolute Gasteiger partial charge is 0.480 e. The standard InChI is InChI=1S/C27H21IN4O7/c28-17-5-8-20-19(12-17)25(27(37)32(20)13-24(34)35)30-31-26(36)16-3-6-18(7-4-16)29-23(33)10-2-15-1-9-21-22(11-15)39-14-38-21/h1,3-9,11-12H,2,10,13-14H2,(H,29,33)(H,31,36)(H,34,35)/b30-25-. The number of hydrogen-bond donors (Lipinski definition) is 3. The average Bonchev–Trinajstić information content (AvgIpc) is 3.48. The van der Waals surface area contributed by atoms with Crippen LogP contribution in [-0.2, 0) is 20.8 Å². The Labute approximate surface area is 235 Å². The molecule has 0 radical (unpaired) electrons. The lowest BCUT2D eigenvalue weighted by atomic mass is 10.1. The first-order valence-electron chi connectivity index (χ1n) is 11.8. The number of nitrogens with zero attached hydrogens (tertiary/aromatic N) is 2. The van der Waals surface area contributed by atoms with E-state index in [0.29, 0.717) is 34.9 Å². The Morgan fingerprint density at radius 3 is 2.54 bits per heavy atom. The van der Waals surface area contributed by atoms with E-state index in [1.807, 2.05) is 18.2 Å². The van der Waals surface area contributed by atoms with Crippen LogP contribution >= 0.6 is 22.6 Å². The third kappa shape index (κ3) is 5.85. The second-order valence-corrected chi connectivity index (χ2v) is 9.91. The second kappa shape index (κ2) is 11.1. The molecule has 0 saturated carbocycles. The predicted octanol–water partition coefficient (Wildman–Crippen LogP) is 3.16. The fourth-order valence-corrected chi connectivity index (χ4v) is 4.63. The van der Waals surface area contributed by atoms with E-state index in [0.717, 1.165) is 14.0 Å². The Morgan fingerprint density at radius 1 is 1.00 bits per heavy atom. The van der Waals surface area contributed by atoms with Gasteiger partial charge in [-0.25, -0.2) is 5.43 Å². The lowest BCUT2D eigenvalue weighted by Gasteiger charge is -2.13. The molecule has 3 aromatic carbocycles. The van der Waals surface area contributed by atoms with Gasteiger partial charge in [0.1, 0.15) is 6.54 Å². The molecule has 0 aromatic heterocycles. The van der Waals surface area contributed by atoms with Crippen LogP contribution in [0.1, 0.15) is 27.9 Å². The molecular formula is C27H21IN4O7. The first kappa shape index (κ1) is 26.2. The summed E-state index contributed by atoms with van der Waals surface area (Å²) in [5, 5.41) is 16.0. The summed E-state index contributed by atoms with van der Waals surface area (Å²) >= 11 is 2.07. The summed E-state index contributed by atoms with van der Waals surface area (Å²) in [5.41, 5.74) is 4.89. The Morgan fingerprint density at radius 2 is 1.77 bits per heavy atom. The van der Waals surface area contributed by atoms with Crippen molar-refractivity contribution < 1.29 is 33.8 Å². The fourth-order valence-electron chi connectivity index (χ4n) is 4.14. The number of hydrazone groups is 1. The molecule has 3 amide bonds. The molecule has 2 heterocycles. The van der Waals surface area contributed by atoms with Gasteiger partial charge in [0.2, 0.25) is 12.7 Å². The molecule has 0 spiro atoms. The first-order valence-corrected chi connectivity index (χ1v) is 12.9. The Bertz CT molecular complexity index is 1520. The van der Waals surface area contributed by atoms with Crippen LogP contribution in [0.3, 0.4) is 0 Å². The zero-order chi connectivity index (χ0) is 27.5. The maximum Gasteiger partial charge on any atom is 0.323 e. The summed E-state index contributed by atoms with van der Waals surface area (Å²) in [4.78, 5) is 50.2. The Kier molecular flexibility index (Phi) is 7.45. The van der Waals surface area contributed by atoms with Crippen LogP contribution in [0.15, 0.2) is 65.8 Å². The molecule has 0 fully saturated rings. The minimum absolute atomic E-state index is 0.0514. The van der Waals surface area contributed by atoms with Crippen molar-refractivity contribution in [2.24, 2.45) is 5.10 Å². The molecule has 5 rings (SSSR count). The molecule has 3 aromatic rings. The molecule has 0 saturated heterocycles. The van der Waals surface area contributed by atoms with E-state index in [-0.39, 0.29) is 30.4 Å². The van der Waals surface area contributed by atoms with Crippen LogP contribution in [0.25, 0.3) is 0 Å². The van der Waals surface area contributed by atoms with Gasteiger partial charge in [-0.15, -0.1) is 0 Å². The van der Waals surface area contributed by atoms with Crippen molar-refractivity contribution in [1.82, 2.24) is 5.43 Å². The topological polar surface area (TPSA) is 147 Å². The van der Waals surface area contributed by atoms with Gasteiger partial charge in [0.25, 0.3) is 11.8 Å². The third-order valence-corrected chi connectivity index (χ3v) is 6.69. The number of carboxylic acids is 1. The highest BCUT2D eigenvalue weighted by atomic mass is 127. The first-order chi connectivity index (χ1) is 18.8. The van der Waals surface area contributed by atoms with Gasteiger partial charge in [-0.1, -0.05) is 6.07 Å². The number of benzene rings is 3. The van der Waals surface area contributed by atoms with E-state index < -0.39 is 24.3 Å². The van der Waals surface area contributed by atoms with Gasteiger partial charge in [0, 0.05) is 26.8 Å². The second-order valence-electron chi connectivity index (χ2n) is 8.66. The number of anilines is 2. The number of carbonyl (C=O) groups excluding carboxylic acids is 3. The lowest BCUT2D eigenvalue weighted by molar-refractivity contribution is -0.136. The molecular weight excluding hydrogens is 619 g/mol. The van der Waals surface area contributed by atoms with Gasteiger partial charge >= 0.3 is 5.97 Å². The molecule has 0 unspecified atom stereocenters.